The van der Waals surface area contributed by atoms with Gasteiger partial charge in [0.2, 0.25) is 11.8 Å². The fraction of sp³-hybridized carbons (Fsp3) is 0.333. The van der Waals surface area contributed by atoms with Crippen LogP contribution in [-0.2, 0) is 9.59 Å². The van der Waals surface area contributed by atoms with Crippen molar-refractivity contribution >= 4 is 23.2 Å². The predicted molar refractivity (Wildman–Crippen MR) is 72.4 cm³/mol. The highest BCUT2D eigenvalue weighted by Gasteiger charge is 2.36. The van der Waals surface area contributed by atoms with Crippen LogP contribution in [0.4, 0.5) is 11.4 Å². The number of nitrogens with one attached hydrogen (secondary N) is 1. The SMILES string of the molecule is COc1ccc([N+](=O)[O-])cc1N1CC(C(=O)NN)CC1=O. The van der Waals surface area contributed by atoms with Crippen LogP contribution < -0.4 is 20.9 Å². The van der Waals surface area contributed by atoms with Crippen molar-refractivity contribution in [1.82, 2.24) is 5.43 Å². The fourth-order valence-corrected chi connectivity index (χ4v) is 2.24. The normalized spacial score (nSPS) is 17.7. The number of hydrogen-bond donors (Lipinski definition) is 2. The second-order valence-corrected chi connectivity index (χ2v) is 4.53. The minimum atomic E-state index is -0.591. The van der Waals surface area contributed by atoms with E-state index in [1.54, 1.807) is 0 Å². The molecule has 1 aliphatic heterocycles. The number of hydrogen-bond acceptors (Lipinski definition) is 6. The molecule has 1 aromatic carbocycles. The lowest BCUT2D eigenvalue weighted by Crippen LogP contribution is -2.37. The minimum Gasteiger partial charge on any atom is -0.495 e. The van der Waals surface area contributed by atoms with Gasteiger partial charge in [-0.15, -0.1) is 0 Å². The van der Waals surface area contributed by atoms with Crippen LogP contribution in [0.1, 0.15) is 6.42 Å². The summed E-state index contributed by atoms with van der Waals surface area (Å²) in [6, 6.07) is 3.95. The molecule has 1 aliphatic rings. The molecule has 9 nitrogen and oxygen atoms in total. The van der Waals surface area contributed by atoms with Crippen LogP contribution in [0.2, 0.25) is 0 Å². The topological polar surface area (TPSA) is 128 Å². The Kier molecular flexibility index (Phi) is 4.03. The zero-order valence-corrected chi connectivity index (χ0v) is 11.2. The first-order chi connectivity index (χ1) is 9.97. The maximum atomic E-state index is 12.0. The number of amides is 2. The number of ether oxygens (including phenoxy) is 1. The van der Waals surface area contributed by atoms with Gasteiger partial charge in [-0.3, -0.25) is 25.1 Å². The van der Waals surface area contributed by atoms with Gasteiger partial charge in [-0.2, -0.15) is 0 Å². The maximum Gasteiger partial charge on any atom is 0.271 e. The maximum absolute atomic E-state index is 12.0. The zero-order chi connectivity index (χ0) is 15.6. The summed E-state index contributed by atoms with van der Waals surface area (Å²) in [6.07, 6.45) is -0.00508. The molecule has 1 saturated heterocycles. The van der Waals surface area contributed by atoms with Crippen LogP contribution in [-0.4, -0.2) is 30.4 Å². The summed E-state index contributed by atoms with van der Waals surface area (Å²) >= 11 is 0. The first kappa shape index (κ1) is 14.7. The lowest BCUT2D eigenvalue weighted by molar-refractivity contribution is -0.384. The van der Waals surface area contributed by atoms with Gasteiger partial charge in [-0.25, -0.2) is 5.84 Å². The summed E-state index contributed by atoms with van der Waals surface area (Å²) in [6.45, 7) is 0.0966. The number of anilines is 1. The van der Waals surface area contributed by atoms with Crippen molar-refractivity contribution in [2.45, 2.75) is 6.42 Å². The fourth-order valence-electron chi connectivity index (χ4n) is 2.24. The Morgan fingerprint density at radius 1 is 1.57 bits per heavy atom. The van der Waals surface area contributed by atoms with E-state index in [1.807, 2.05) is 5.43 Å². The third kappa shape index (κ3) is 2.77. The van der Waals surface area contributed by atoms with Crippen LogP contribution in [0.15, 0.2) is 18.2 Å². The van der Waals surface area contributed by atoms with E-state index in [1.165, 1.54) is 30.2 Å². The van der Waals surface area contributed by atoms with Crippen molar-refractivity contribution in [3.8, 4) is 5.75 Å². The van der Waals surface area contributed by atoms with Gasteiger partial charge in [0.15, 0.2) is 0 Å². The molecule has 1 fully saturated rings. The van der Waals surface area contributed by atoms with E-state index >= 15 is 0 Å². The number of non-ortho nitro benzene ring substituents is 1. The standard InChI is InChI=1S/C12H14N4O5/c1-21-10-3-2-8(16(19)20)5-9(10)15-6-7(4-11(15)17)12(18)14-13/h2-3,5,7H,4,6,13H2,1H3,(H,14,18). The molecule has 0 bridgehead atoms. The highest BCUT2D eigenvalue weighted by atomic mass is 16.6. The minimum absolute atomic E-state index is 0.00508. The molecule has 112 valence electrons. The molecule has 0 aliphatic carbocycles. The molecule has 0 radical (unpaired) electrons. The molecule has 2 rings (SSSR count). The first-order valence-corrected chi connectivity index (χ1v) is 6.11. The first-order valence-electron chi connectivity index (χ1n) is 6.11. The van der Waals surface area contributed by atoms with E-state index in [2.05, 4.69) is 0 Å². The number of rotatable bonds is 4. The van der Waals surface area contributed by atoms with Gasteiger partial charge >= 0.3 is 0 Å². The Labute approximate surface area is 119 Å². The molecule has 1 heterocycles. The van der Waals surface area contributed by atoms with Gasteiger partial charge in [0, 0.05) is 25.1 Å². The number of nitro benzene ring substituents is 1. The van der Waals surface area contributed by atoms with E-state index < -0.39 is 16.7 Å². The van der Waals surface area contributed by atoms with Crippen molar-refractivity contribution in [2.75, 3.05) is 18.6 Å². The molecule has 0 aromatic heterocycles. The van der Waals surface area contributed by atoms with Crippen molar-refractivity contribution in [1.29, 1.82) is 0 Å². The molecular formula is C12H14N4O5. The molecule has 2 amide bonds. The Bertz CT molecular complexity index is 603. The summed E-state index contributed by atoms with van der Waals surface area (Å²) in [5.74, 6) is 4.02. The Morgan fingerprint density at radius 3 is 2.86 bits per heavy atom. The number of carbonyl (C=O) groups excluding carboxylic acids is 2. The second-order valence-electron chi connectivity index (χ2n) is 4.53. The van der Waals surface area contributed by atoms with Crippen LogP contribution >= 0.6 is 0 Å². The largest absolute Gasteiger partial charge is 0.495 e. The number of methoxy groups -OCH3 is 1. The summed E-state index contributed by atoms with van der Waals surface area (Å²) in [7, 11) is 1.40. The molecule has 1 aromatic rings. The molecule has 0 spiro atoms. The Morgan fingerprint density at radius 2 is 2.29 bits per heavy atom. The van der Waals surface area contributed by atoms with Gasteiger partial charge in [-0.1, -0.05) is 0 Å². The average molecular weight is 294 g/mol. The van der Waals surface area contributed by atoms with Crippen LogP contribution in [0.5, 0.6) is 5.75 Å². The summed E-state index contributed by atoms with van der Waals surface area (Å²) in [4.78, 5) is 35.1. The highest BCUT2D eigenvalue weighted by Crippen LogP contribution is 2.35. The van der Waals surface area contributed by atoms with Gasteiger partial charge in [0.25, 0.3) is 5.69 Å². The lowest BCUT2D eigenvalue weighted by Gasteiger charge is -2.19. The second kappa shape index (κ2) is 5.75. The number of hydrazine groups is 1. The van der Waals surface area contributed by atoms with Gasteiger partial charge in [-0.05, 0) is 6.07 Å². The number of nitrogens with zero attached hydrogens (tertiary/aromatic N) is 2. The smallest absolute Gasteiger partial charge is 0.271 e. The Hall–Kier alpha value is -2.68. The van der Waals surface area contributed by atoms with Gasteiger partial charge in [0.1, 0.15) is 5.75 Å². The van der Waals surface area contributed by atoms with Crippen molar-refractivity contribution in [3.63, 3.8) is 0 Å². The van der Waals surface area contributed by atoms with E-state index in [4.69, 9.17) is 10.6 Å². The third-order valence-electron chi connectivity index (χ3n) is 3.30. The van der Waals surface area contributed by atoms with Crippen molar-refractivity contribution < 1.29 is 19.2 Å². The quantitative estimate of drug-likeness (QED) is 0.347. The van der Waals surface area contributed by atoms with Gasteiger partial charge in [0.05, 0.1) is 23.6 Å². The van der Waals surface area contributed by atoms with Crippen LogP contribution in [0, 0.1) is 16.0 Å². The zero-order valence-electron chi connectivity index (χ0n) is 11.2. The third-order valence-corrected chi connectivity index (χ3v) is 3.30. The van der Waals surface area contributed by atoms with Crippen LogP contribution in [0.25, 0.3) is 0 Å². The Balaban J connectivity index is 2.36. The predicted octanol–water partition coefficient (Wildman–Crippen LogP) is -0.0538. The van der Waals surface area contributed by atoms with Crippen molar-refractivity contribution in [3.05, 3.63) is 28.3 Å². The van der Waals surface area contributed by atoms with E-state index in [0.29, 0.717) is 5.75 Å². The number of nitro groups is 1. The summed E-state index contributed by atoms with van der Waals surface area (Å²) < 4.78 is 5.12. The lowest BCUT2D eigenvalue weighted by atomic mass is 10.1. The van der Waals surface area contributed by atoms with E-state index in [9.17, 15) is 19.7 Å². The van der Waals surface area contributed by atoms with Crippen molar-refractivity contribution in [2.24, 2.45) is 11.8 Å². The van der Waals surface area contributed by atoms with Crippen LogP contribution in [0.3, 0.4) is 0 Å². The number of carbonyl (C=O) groups is 2. The van der Waals surface area contributed by atoms with Gasteiger partial charge < -0.3 is 9.64 Å². The molecule has 1 unspecified atom stereocenters. The summed E-state index contributed by atoms with van der Waals surface area (Å²) in [5.41, 5.74) is 2.11. The highest BCUT2D eigenvalue weighted by molar-refractivity contribution is 6.01. The molecular weight excluding hydrogens is 280 g/mol. The monoisotopic (exact) mass is 294 g/mol. The average Bonchev–Trinajstić information content (AvgIpc) is 2.87. The molecule has 1 atom stereocenters. The number of benzene rings is 1. The molecule has 21 heavy (non-hydrogen) atoms. The molecule has 9 heteroatoms. The molecule has 3 N–H and O–H groups in total. The van der Waals surface area contributed by atoms with E-state index in [-0.39, 0.29) is 30.2 Å². The summed E-state index contributed by atoms with van der Waals surface area (Å²) in [5, 5.41) is 10.8. The number of nitrogens with two attached hydrogens (primary N) is 1. The molecule has 0 saturated carbocycles. The van der Waals surface area contributed by atoms with E-state index in [0.717, 1.165) is 0 Å².